The first kappa shape index (κ1) is 19.9. The maximum atomic E-state index is 9.10. The number of hydrogen-bond donors (Lipinski definition) is 5. The Bertz CT molecular complexity index is 157. The van der Waals surface area contributed by atoms with Crippen LogP contribution in [0.25, 0.3) is 0 Å². The van der Waals surface area contributed by atoms with Crippen molar-refractivity contribution in [2.75, 3.05) is 0 Å². The molecule has 0 atom stereocenters. The topological polar surface area (TPSA) is 101 Å². The van der Waals surface area contributed by atoms with E-state index < -0.39 is 18.5 Å². The van der Waals surface area contributed by atoms with E-state index in [1.807, 2.05) is 0 Å². The second-order valence-electron chi connectivity index (χ2n) is 3.71. The maximum absolute atomic E-state index is 9.10. The van der Waals surface area contributed by atoms with Gasteiger partial charge in [0.1, 0.15) is 0 Å². The minimum Gasteiger partial charge on any atom is -0.402 e. The van der Waals surface area contributed by atoms with Gasteiger partial charge in [-0.15, -0.1) is 5.73 Å². The Hall–Kier alpha value is -0.615. The summed E-state index contributed by atoms with van der Waals surface area (Å²) in [6, 6.07) is 0. The third-order valence-corrected chi connectivity index (χ3v) is 1.50. The lowest BCUT2D eigenvalue weighted by Gasteiger charge is -2.31. The van der Waals surface area contributed by atoms with Crippen LogP contribution in [-0.4, -0.2) is 43.8 Å². The van der Waals surface area contributed by atoms with Gasteiger partial charge in [-0.2, -0.15) is 0 Å². The molecule has 0 radical (unpaired) electrons. The van der Waals surface area contributed by atoms with Crippen LogP contribution in [0.15, 0.2) is 18.9 Å². The summed E-state index contributed by atoms with van der Waals surface area (Å²) in [5.41, 5.74) is 0.236. The molecular formula is C9H21BO5. The molecule has 5 nitrogen and oxygen atoms in total. The van der Waals surface area contributed by atoms with Crippen molar-refractivity contribution >= 4 is 7.32 Å². The molecular weight excluding hydrogens is 199 g/mol. The molecule has 0 bridgehead atoms. The molecule has 0 aromatic rings. The largest absolute Gasteiger partial charge is 0.631 e. The van der Waals surface area contributed by atoms with E-state index in [0.717, 1.165) is 0 Å². The van der Waals surface area contributed by atoms with E-state index in [-0.39, 0.29) is 0 Å². The third kappa shape index (κ3) is 24.7. The molecule has 0 heterocycles. The summed E-state index contributed by atoms with van der Waals surface area (Å²) in [7, 11) is -2.17. The first-order chi connectivity index (χ1) is 6.40. The molecule has 5 N–H and O–H groups in total. The van der Waals surface area contributed by atoms with Gasteiger partial charge in [0.2, 0.25) is 0 Å². The highest BCUT2D eigenvalue weighted by atomic mass is 16.5. The van der Waals surface area contributed by atoms with E-state index in [1.54, 1.807) is 27.7 Å². The van der Waals surface area contributed by atoms with Gasteiger partial charge in [-0.05, 0) is 27.7 Å². The van der Waals surface area contributed by atoms with Crippen LogP contribution in [-0.2, 0) is 0 Å². The molecule has 0 amide bonds. The Morgan fingerprint density at radius 3 is 0.933 bits per heavy atom. The van der Waals surface area contributed by atoms with Gasteiger partial charge in [-0.3, -0.25) is 0 Å². The van der Waals surface area contributed by atoms with E-state index in [1.165, 1.54) is 0 Å². The van der Waals surface area contributed by atoms with Gasteiger partial charge in [0.05, 0.1) is 11.2 Å². The summed E-state index contributed by atoms with van der Waals surface area (Å²) in [6.45, 7) is 12.6. The van der Waals surface area contributed by atoms with Crippen molar-refractivity contribution in [3.63, 3.8) is 0 Å². The fourth-order valence-electron chi connectivity index (χ4n) is 0. The fraction of sp³-hybridized carbons (Fsp3) is 0.667. The fourth-order valence-corrected chi connectivity index (χ4v) is 0. The van der Waals surface area contributed by atoms with Gasteiger partial charge < -0.3 is 25.3 Å². The van der Waals surface area contributed by atoms with Gasteiger partial charge in [-0.1, -0.05) is 13.2 Å². The highest BCUT2D eigenvalue weighted by Crippen LogP contribution is 2.19. The zero-order chi connectivity index (χ0) is 13.3. The van der Waals surface area contributed by atoms with Crippen LogP contribution in [0.5, 0.6) is 0 Å². The van der Waals surface area contributed by atoms with Crippen molar-refractivity contribution in [3.05, 3.63) is 18.9 Å². The molecule has 0 aromatic carbocycles. The standard InChI is InChI=1S/C6H14O2.C3H4.BH3O3/c1-5(2,7)6(3,4)8;1-3-2;2-1(3)4/h7-8H,1-4H3;1-2H2;2-4H. The molecule has 0 spiro atoms. The first-order valence-corrected chi connectivity index (χ1v) is 4.18. The van der Waals surface area contributed by atoms with Crippen LogP contribution >= 0.6 is 0 Å². The monoisotopic (exact) mass is 220 g/mol. The van der Waals surface area contributed by atoms with Gasteiger partial charge in [0, 0.05) is 0 Å². The van der Waals surface area contributed by atoms with E-state index in [0.29, 0.717) is 0 Å². The maximum Gasteiger partial charge on any atom is 0.631 e. The average Bonchev–Trinajstić information content (AvgIpc) is 1.81. The summed E-state index contributed by atoms with van der Waals surface area (Å²) in [6.07, 6.45) is 0. The number of aliphatic hydroxyl groups is 2. The van der Waals surface area contributed by atoms with E-state index >= 15 is 0 Å². The van der Waals surface area contributed by atoms with Crippen molar-refractivity contribution < 1.29 is 25.3 Å². The normalized spacial score (nSPS) is 9.93. The van der Waals surface area contributed by atoms with E-state index in [4.69, 9.17) is 25.3 Å². The summed E-state index contributed by atoms with van der Waals surface area (Å²) >= 11 is 0. The smallest absolute Gasteiger partial charge is 0.402 e. The predicted octanol–water partition coefficient (Wildman–Crippen LogP) is -0.566. The Morgan fingerprint density at radius 2 is 0.933 bits per heavy atom. The molecule has 0 fully saturated rings. The minimum atomic E-state index is -2.17. The molecule has 0 rings (SSSR count). The van der Waals surface area contributed by atoms with Crippen LogP contribution in [0.1, 0.15) is 27.7 Å². The van der Waals surface area contributed by atoms with Crippen LogP contribution in [0, 0.1) is 0 Å². The first-order valence-electron chi connectivity index (χ1n) is 4.18. The minimum absolute atomic E-state index is 1.01. The molecule has 90 valence electrons. The lowest BCUT2D eigenvalue weighted by molar-refractivity contribution is -0.107. The number of rotatable bonds is 1. The summed E-state index contributed by atoms with van der Waals surface area (Å²) in [5.74, 6) is 0. The van der Waals surface area contributed by atoms with Crippen LogP contribution in [0.3, 0.4) is 0 Å². The Balaban J connectivity index is -0.000000173. The van der Waals surface area contributed by atoms with Crippen molar-refractivity contribution in [2.45, 2.75) is 38.9 Å². The third-order valence-electron chi connectivity index (χ3n) is 1.50. The molecule has 0 aliphatic rings. The molecule has 0 saturated carbocycles. The highest BCUT2D eigenvalue weighted by molar-refractivity contribution is 6.30. The Labute approximate surface area is 91.2 Å². The van der Waals surface area contributed by atoms with Crippen molar-refractivity contribution in [1.29, 1.82) is 0 Å². The second-order valence-corrected chi connectivity index (χ2v) is 3.71. The zero-order valence-electron chi connectivity index (χ0n) is 9.73. The molecule has 0 unspecified atom stereocenters. The summed E-state index contributed by atoms with van der Waals surface area (Å²) in [4.78, 5) is 0. The van der Waals surface area contributed by atoms with Crippen LogP contribution < -0.4 is 0 Å². The molecule has 15 heavy (non-hydrogen) atoms. The van der Waals surface area contributed by atoms with Gasteiger partial charge in [-0.25, -0.2) is 0 Å². The lowest BCUT2D eigenvalue weighted by Crippen LogP contribution is -2.44. The van der Waals surface area contributed by atoms with Crippen molar-refractivity contribution in [2.24, 2.45) is 0 Å². The molecule has 0 aromatic heterocycles. The molecule has 0 saturated heterocycles. The van der Waals surface area contributed by atoms with Gasteiger partial charge in [0.25, 0.3) is 0 Å². The molecule has 0 aliphatic carbocycles. The van der Waals surface area contributed by atoms with Gasteiger partial charge in [0.15, 0.2) is 0 Å². The second kappa shape index (κ2) is 8.67. The van der Waals surface area contributed by atoms with E-state index in [9.17, 15) is 0 Å². The molecule has 6 heteroatoms. The Morgan fingerprint density at radius 1 is 0.867 bits per heavy atom. The predicted molar refractivity (Wildman–Crippen MR) is 59.8 cm³/mol. The van der Waals surface area contributed by atoms with Crippen molar-refractivity contribution in [3.8, 4) is 0 Å². The van der Waals surface area contributed by atoms with Gasteiger partial charge >= 0.3 is 7.32 Å². The quantitative estimate of drug-likeness (QED) is 0.301. The number of hydrogen-bond acceptors (Lipinski definition) is 5. The lowest BCUT2D eigenvalue weighted by atomic mass is 9.90. The zero-order valence-corrected chi connectivity index (χ0v) is 9.73. The highest BCUT2D eigenvalue weighted by Gasteiger charge is 2.31. The van der Waals surface area contributed by atoms with Crippen LogP contribution in [0.2, 0.25) is 0 Å². The van der Waals surface area contributed by atoms with E-state index in [2.05, 4.69) is 18.9 Å². The SMILES string of the molecule is C=C=C.CC(C)(O)C(C)(C)O.OB(O)O. The average molecular weight is 220 g/mol. The van der Waals surface area contributed by atoms with Crippen LogP contribution in [0.4, 0.5) is 0 Å². The Kier molecular flexibility index (Phi) is 11.5. The van der Waals surface area contributed by atoms with Crippen molar-refractivity contribution in [1.82, 2.24) is 0 Å². The summed E-state index contributed by atoms with van der Waals surface area (Å²) < 4.78 is 0. The molecule has 0 aliphatic heterocycles. The summed E-state index contributed by atoms with van der Waals surface area (Å²) in [5, 5.41) is 39.7.